The second kappa shape index (κ2) is 9.02. The molecule has 3 heterocycles. The minimum Gasteiger partial charge on any atom is -0.342 e. The number of para-hydroxylation sites is 1. The van der Waals surface area contributed by atoms with Crippen molar-refractivity contribution in [2.75, 3.05) is 18.8 Å². The van der Waals surface area contributed by atoms with Gasteiger partial charge in [0.1, 0.15) is 0 Å². The number of carbonyl (C=O) groups is 1. The molecule has 1 aliphatic rings. The monoisotopic (exact) mass is 461 g/mol. The van der Waals surface area contributed by atoms with Gasteiger partial charge >= 0.3 is 0 Å². The average Bonchev–Trinajstić information content (AvgIpc) is 3.53. The first-order valence-corrected chi connectivity index (χ1v) is 12.5. The highest BCUT2D eigenvalue weighted by molar-refractivity contribution is 7.99. The van der Waals surface area contributed by atoms with E-state index in [-0.39, 0.29) is 11.5 Å². The van der Waals surface area contributed by atoms with Crippen LogP contribution in [0.5, 0.6) is 0 Å². The maximum atomic E-state index is 13.5. The molecule has 33 heavy (non-hydrogen) atoms. The number of thioether (sulfide) groups is 1. The molecule has 4 aromatic rings. The van der Waals surface area contributed by atoms with Crippen molar-refractivity contribution in [3.8, 4) is 5.69 Å². The van der Waals surface area contributed by atoms with Crippen LogP contribution in [0, 0.1) is 0 Å². The molecule has 0 aliphatic carbocycles. The minimum absolute atomic E-state index is 0.118. The average molecular weight is 462 g/mol. The Labute approximate surface area is 196 Å². The number of fused-ring (bicyclic) bond motifs is 3. The Morgan fingerprint density at radius 1 is 1.06 bits per heavy atom. The van der Waals surface area contributed by atoms with E-state index in [4.69, 9.17) is 0 Å². The first-order chi connectivity index (χ1) is 16.1. The van der Waals surface area contributed by atoms with Gasteiger partial charge in [-0.05, 0) is 55.0 Å². The van der Waals surface area contributed by atoms with Crippen molar-refractivity contribution in [3.05, 3.63) is 64.4 Å². The smallest absolute Gasteiger partial charge is 0.267 e. The Bertz CT molecular complexity index is 1370. The predicted octanol–water partition coefficient (Wildman–Crippen LogP) is 4.26. The van der Waals surface area contributed by atoms with E-state index in [1.54, 1.807) is 4.57 Å². The van der Waals surface area contributed by atoms with Gasteiger partial charge in [-0.15, -0.1) is 10.2 Å². The van der Waals surface area contributed by atoms with Gasteiger partial charge in [0.2, 0.25) is 11.7 Å². The fourth-order valence-corrected chi connectivity index (χ4v) is 5.22. The lowest BCUT2D eigenvalue weighted by atomic mass is 9.98. The molecule has 5 rings (SSSR count). The molecule has 0 radical (unpaired) electrons. The highest BCUT2D eigenvalue weighted by Gasteiger charge is 2.21. The van der Waals surface area contributed by atoms with Crippen LogP contribution < -0.4 is 5.56 Å². The quantitative estimate of drug-likeness (QED) is 0.401. The molecule has 170 valence electrons. The van der Waals surface area contributed by atoms with Gasteiger partial charge in [0.05, 0.1) is 22.3 Å². The summed E-state index contributed by atoms with van der Waals surface area (Å²) in [4.78, 5) is 28.0. The summed E-state index contributed by atoms with van der Waals surface area (Å²) in [6.07, 6.45) is 3.19. The molecule has 1 aliphatic heterocycles. The number of nitrogens with zero attached hydrogens (tertiary/aromatic N) is 5. The van der Waals surface area contributed by atoms with Gasteiger partial charge in [0.15, 0.2) is 5.16 Å². The van der Waals surface area contributed by atoms with Crippen molar-refractivity contribution in [2.45, 2.75) is 44.2 Å². The SMILES string of the molecule is CCC(C)c1ccc(-n2c(=O)c3ccccc3n3c(SCC(=O)N4CCCC4)nnc23)cc1. The predicted molar refractivity (Wildman–Crippen MR) is 131 cm³/mol. The number of carbonyl (C=O) groups excluding carboxylic acids is 1. The van der Waals surface area contributed by atoms with Crippen molar-refractivity contribution >= 4 is 34.3 Å². The summed E-state index contributed by atoms with van der Waals surface area (Å²) in [6.45, 7) is 6.02. The van der Waals surface area contributed by atoms with Crippen LogP contribution in [0.2, 0.25) is 0 Å². The Morgan fingerprint density at radius 2 is 1.79 bits per heavy atom. The van der Waals surface area contributed by atoms with Gasteiger partial charge in [-0.25, -0.2) is 4.57 Å². The number of hydrogen-bond donors (Lipinski definition) is 0. The molecule has 0 spiro atoms. The third-order valence-corrected chi connectivity index (χ3v) is 7.42. The Balaban J connectivity index is 1.60. The summed E-state index contributed by atoms with van der Waals surface area (Å²) >= 11 is 1.37. The second-order valence-electron chi connectivity index (χ2n) is 8.55. The third-order valence-electron chi connectivity index (χ3n) is 6.51. The van der Waals surface area contributed by atoms with Gasteiger partial charge in [-0.2, -0.15) is 0 Å². The van der Waals surface area contributed by atoms with E-state index in [1.165, 1.54) is 17.3 Å². The molecule has 1 amide bonds. The van der Waals surface area contributed by atoms with Crippen molar-refractivity contribution in [1.29, 1.82) is 0 Å². The first-order valence-electron chi connectivity index (χ1n) is 11.5. The summed E-state index contributed by atoms with van der Waals surface area (Å²) < 4.78 is 3.50. The van der Waals surface area contributed by atoms with Crippen molar-refractivity contribution in [2.24, 2.45) is 0 Å². The third kappa shape index (κ3) is 3.93. The van der Waals surface area contributed by atoms with Gasteiger partial charge in [0, 0.05) is 13.1 Å². The first kappa shape index (κ1) is 21.7. The summed E-state index contributed by atoms with van der Waals surface area (Å²) in [6, 6.07) is 15.6. The number of benzene rings is 2. The van der Waals surface area contributed by atoms with E-state index in [0.29, 0.717) is 28.0 Å². The molecular formula is C25H27N5O2S. The van der Waals surface area contributed by atoms with E-state index in [0.717, 1.165) is 43.6 Å². The van der Waals surface area contributed by atoms with E-state index in [9.17, 15) is 9.59 Å². The van der Waals surface area contributed by atoms with E-state index < -0.39 is 0 Å². The Kier molecular flexibility index (Phi) is 5.93. The van der Waals surface area contributed by atoms with Gasteiger partial charge in [-0.3, -0.25) is 14.0 Å². The molecule has 1 unspecified atom stereocenters. The maximum absolute atomic E-state index is 13.5. The molecule has 1 saturated heterocycles. The fraction of sp³-hybridized carbons (Fsp3) is 0.360. The highest BCUT2D eigenvalue weighted by atomic mass is 32.2. The zero-order valence-corrected chi connectivity index (χ0v) is 19.7. The van der Waals surface area contributed by atoms with Crippen molar-refractivity contribution < 1.29 is 4.79 Å². The molecule has 7 nitrogen and oxygen atoms in total. The molecule has 8 heteroatoms. The lowest BCUT2D eigenvalue weighted by Crippen LogP contribution is -2.29. The van der Waals surface area contributed by atoms with Gasteiger partial charge in [-0.1, -0.05) is 49.9 Å². The van der Waals surface area contributed by atoms with Crippen LogP contribution in [-0.2, 0) is 4.79 Å². The lowest BCUT2D eigenvalue weighted by molar-refractivity contribution is -0.127. The molecule has 0 N–H and O–H groups in total. The van der Waals surface area contributed by atoms with Crippen molar-refractivity contribution in [1.82, 2.24) is 24.1 Å². The molecule has 2 aromatic carbocycles. The van der Waals surface area contributed by atoms with Crippen LogP contribution in [0.4, 0.5) is 0 Å². The molecule has 1 fully saturated rings. The summed E-state index contributed by atoms with van der Waals surface area (Å²) in [7, 11) is 0. The zero-order valence-electron chi connectivity index (χ0n) is 18.9. The van der Waals surface area contributed by atoms with E-state index >= 15 is 0 Å². The lowest BCUT2D eigenvalue weighted by Gasteiger charge is -2.15. The molecule has 0 saturated carbocycles. The highest BCUT2D eigenvalue weighted by Crippen LogP contribution is 2.25. The van der Waals surface area contributed by atoms with Crippen LogP contribution >= 0.6 is 11.8 Å². The summed E-state index contributed by atoms with van der Waals surface area (Å²) in [5.74, 6) is 1.33. The Hall–Kier alpha value is -3.13. The largest absolute Gasteiger partial charge is 0.342 e. The molecule has 2 aromatic heterocycles. The van der Waals surface area contributed by atoms with E-state index in [1.807, 2.05) is 45.7 Å². The van der Waals surface area contributed by atoms with E-state index in [2.05, 4.69) is 36.2 Å². The summed E-state index contributed by atoms with van der Waals surface area (Å²) in [5.41, 5.74) is 2.60. The topological polar surface area (TPSA) is 72.5 Å². The second-order valence-corrected chi connectivity index (χ2v) is 9.50. The van der Waals surface area contributed by atoms with Crippen LogP contribution in [0.15, 0.2) is 58.5 Å². The standard InChI is InChI=1S/C25H27N5O2S/c1-3-17(2)18-10-12-19(13-11-18)29-23(32)20-8-4-5-9-21(20)30-24(29)26-27-25(30)33-16-22(31)28-14-6-7-15-28/h4-5,8-13,17H,3,6-7,14-16H2,1-2H3. The number of rotatable bonds is 6. The van der Waals surface area contributed by atoms with Crippen LogP contribution in [0.1, 0.15) is 44.6 Å². The molecule has 1 atom stereocenters. The zero-order chi connectivity index (χ0) is 22.9. The van der Waals surface area contributed by atoms with Crippen LogP contribution in [0.25, 0.3) is 22.4 Å². The van der Waals surface area contributed by atoms with Gasteiger partial charge < -0.3 is 4.90 Å². The normalized spacial score (nSPS) is 14.9. The number of hydrogen-bond acceptors (Lipinski definition) is 5. The van der Waals surface area contributed by atoms with Crippen LogP contribution in [-0.4, -0.2) is 48.8 Å². The summed E-state index contributed by atoms with van der Waals surface area (Å²) in [5, 5.41) is 9.96. The fourth-order valence-electron chi connectivity index (χ4n) is 4.38. The number of amides is 1. The Morgan fingerprint density at radius 3 is 2.52 bits per heavy atom. The minimum atomic E-state index is -0.133. The number of likely N-dealkylation sites (tertiary alicyclic amines) is 1. The van der Waals surface area contributed by atoms with Crippen molar-refractivity contribution in [3.63, 3.8) is 0 Å². The van der Waals surface area contributed by atoms with Gasteiger partial charge in [0.25, 0.3) is 5.56 Å². The molecular weight excluding hydrogens is 434 g/mol. The van der Waals surface area contributed by atoms with Crippen LogP contribution in [0.3, 0.4) is 0 Å². The molecule has 0 bridgehead atoms. The number of aromatic nitrogens is 4. The maximum Gasteiger partial charge on any atom is 0.267 e.